The van der Waals surface area contributed by atoms with Gasteiger partial charge in [-0.1, -0.05) is 6.08 Å². The second-order valence-corrected chi connectivity index (χ2v) is 3.93. The molecule has 0 spiro atoms. The van der Waals surface area contributed by atoms with E-state index in [1.807, 2.05) is 0 Å². The number of benzene rings is 1. The van der Waals surface area contributed by atoms with Crippen molar-refractivity contribution in [2.75, 3.05) is 20.3 Å². The molecule has 0 aliphatic carbocycles. The van der Waals surface area contributed by atoms with E-state index in [4.69, 9.17) is 9.47 Å². The number of ether oxygens (including phenoxy) is 2. The summed E-state index contributed by atoms with van der Waals surface area (Å²) < 4.78 is 10.9. The van der Waals surface area contributed by atoms with Gasteiger partial charge in [-0.15, -0.1) is 6.58 Å². The highest BCUT2D eigenvalue weighted by atomic mass is 79.9. The van der Waals surface area contributed by atoms with Crippen molar-refractivity contribution in [1.82, 2.24) is 0 Å². The fraction of sp³-hybridized carbons (Fsp3) is 0.250. The van der Waals surface area contributed by atoms with Crippen molar-refractivity contribution < 1.29 is 14.3 Å². The quantitative estimate of drug-likeness (QED) is 0.458. The molecule has 0 heterocycles. The maximum absolute atomic E-state index is 11.7. The van der Waals surface area contributed by atoms with Crippen LogP contribution >= 0.6 is 15.9 Å². The molecule has 3 nitrogen and oxygen atoms in total. The number of ketones is 1. The van der Waals surface area contributed by atoms with Crippen LogP contribution in [0.4, 0.5) is 0 Å². The first-order valence-electron chi connectivity index (χ1n) is 4.74. The van der Waals surface area contributed by atoms with Crippen LogP contribution in [0.3, 0.4) is 0 Å². The first-order valence-corrected chi connectivity index (χ1v) is 5.53. The van der Waals surface area contributed by atoms with E-state index < -0.39 is 0 Å². The Hall–Kier alpha value is -1.13. The van der Waals surface area contributed by atoms with E-state index in [1.165, 1.54) is 0 Å². The van der Waals surface area contributed by atoms with Gasteiger partial charge in [-0.3, -0.25) is 4.79 Å². The number of methoxy groups -OCH3 is 1. The maximum atomic E-state index is 11.7. The highest BCUT2D eigenvalue weighted by molar-refractivity contribution is 9.10. The molecule has 0 bridgehead atoms. The van der Waals surface area contributed by atoms with Gasteiger partial charge in [0.2, 0.25) is 0 Å². The van der Waals surface area contributed by atoms with Crippen LogP contribution in [0.15, 0.2) is 35.3 Å². The van der Waals surface area contributed by atoms with Crippen LogP contribution in [0.1, 0.15) is 10.4 Å². The molecule has 0 unspecified atom stereocenters. The SMILES string of the molecule is C=CCOCC(=O)c1ccc(OC)c(Br)c1. The lowest BCUT2D eigenvalue weighted by atomic mass is 10.1. The van der Waals surface area contributed by atoms with Crippen molar-refractivity contribution in [2.24, 2.45) is 0 Å². The fourth-order valence-corrected chi connectivity index (χ4v) is 1.70. The van der Waals surface area contributed by atoms with E-state index >= 15 is 0 Å². The van der Waals surface area contributed by atoms with Crippen LogP contribution in [-0.4, -0.2) is 26.1 Å². The van der Waals surface area contributed by atoms with Gasteiger partial charge in [-0.25, -0.2) is 0 Å². The molecule has 86 valence electrons. The topological polar surface area (TPSA) is 35.5 Å². The lowest BCUT2D eigenvalue weighted by molar-refractivity contribution is 0.0806. The van der Waals surface area contributed by atoms with Gasteiger partial charge in [0.25, 0.3) is 0 Å². The van der Waals surface area contributed by atoms with Crippen molar-refractivity contribution in [1.29, 1.82) is 0 Å². The number of rotatable bonds is 6. The van der Waals surface area contributed by atoms with Gasteiger partial charge in [0, 0.05) is 5.56 Å². The molecule has 4 heteroatoms. The van der Waals surface area contributed by atoms with Crippen LogP contribution in [0.5, 0.6) is 5.75 Å². The van der Waals surface area contributed by atoms with E-state index in [1.54, 1.807) is 31.4 Å². The second-order valence-electron chi connectivity index (χ2n) is 3.08. The predicted molar refractivity (Wildman–Crippen MR) is 66.0 cm³/mol. The molecular weight excluding hydrogens is 272 g/mol. The second kappa shape index (κ2) is 6.45. The highest BCUT2D eigenvalue weighted by Gasteiger charge is 2.08. The van der Waals surface area contributed by atoms with Crippen molar-refractivity contribution in [3.63, 3.8) is 0 Å². The van der Waals surface area contributed by atoms with E-state index in [0.717, 1.165) is 4.47 Å². The minimum atomic E-state index is -0.0646. The molecular formula is C12H13BrO3. The molecule has 1 aromatic rings. The summed E-state index contributed by atoms with van der Waals surface area (Å²) in [7, 11) is 1.58. The zero-order valence-corrected chi connectivity index (χ0v) is 10.6. The van der Waals surface area contributed by atoms with E-state index in [9.17, 15) is 4.79 Å². The summed E-state index contributed by atoms with van der Waals surface area (Å²) in [6.07, 6.45) is 1.61. The minimum Gasteiger partial charge on any atom is -0.496 e. The molecule has 0 saturated heterocycles. The Morgan fingerprint density at radius 3 is 2.88 bits per heavy atom. The van der Waals surface area contributed by atoms with Crippen molar-refractivity contribution in [3.8, 4) is 5.75 Å². The summed E-state index contributed by atoms with van der Waals surface area (Å²) >= 11 is 3.32. The Kier molecular flexibility index (Phi) is 5.22. The van der Waals surface area contributed by atoms with Crippen molar-refractivity contribution in [3.05, 3.63) is 40.9 Å². The molecule has 0 radical (unpaired) electrons. The summed E-state index contributed by atoms with van der Waals surface area (Å²) in [6, 6.07) is 5.17. The third-order valence-electron chi connectivity index (χ3n) is 1.94. The van der Waals surface area contributed by atoms with Gasteiger partial charge < -0.3 is 9.47 Å². The monoisotopic (exact) mass is 284 g/mol. The number of halogens is 1. The molecule has 0 saturated carbocycles. The van der Waals surface area contributed by atoms with E-state index in [0.29, 0.717) is 17.9 Å². The van der Waals surface area contributed by atoms with Crippen molar-refractivity contribution in [2.45, 2.75) is 0 Å². The standard InChI is InChI=1S/C12H13BrO3/c1-3-6-16-8-11(14)9-4-5-12(15-2)10(13)7-9/h3-5,7H,1,6,8H2,2H3. The molecule has 0 fully saturated rings. The average molecular weight is 285 g/mol. The fourth-order valence-electron chi connectivity index (χ4n) is 1.16. The molecule has 0 atom stereocenters. The third-order valence-corrected chi connectivity index (χ3v) is 2.56. The third kappa shape index (κ3) is 3.47. The number of Topliss-reactive ketones (excluding diaryl/α,β-unsaturated/α-hetero) is 1. The average Bonchev–Trinajstić information content (AvgIpc) is 2.29. The molecule has 0 aliphatic heterocycles. The first kappa shape index (κ1) is 12.9. The van der Waals surface area contributed by atoms with Gasteiger partial charge in [-0.2, -0.15) is 0 Å². The van der Waals surface area contributed by atoms with Crippen LogP contribution in [-0.2, 0) is 4.74 Å². The summed E-state index contributed by atoms with van der Waals surface area (Å²) in [5.41, 5.74) is 0.594. The van der Waals surface area contributed by atoms with E-state index in [-0.39, 0.29) is 12.4 Å². The predicted octanol–water partition coefficient (Wildman–Crippen LogP) is 2.84. The number of carbonyl (C=O) groups is 1. The summed E-state index contributed by atoms with van der Waals surface area (Å²) in [4.78, 5) is 11.7. The Morgan fingerprint density at radius 1 is 1.56 bits per heavy atom. The summed E-state index contributed by atoms with van der Waals surface area (Å²) in [6.45, 7) is 3.95. The van der Waals surface area contributed by atoms with Gasteiger partial charge in [0.15, 0.2) is 5.78 Å². The Balaban J connectivity index is 2.69. The van der Waals surface area contributed by atoms with Gasteiger partial charge in [-0.05, 0) is 34.1 Å². The van der Waals surface area contributed by atoms with Gasteiger partial charge in [0.05, 0.1) is 18.2 Å². The van der Waals surface area contributed by atoms with Crippen LogP contribution < -0.4 is 4.74 Å². The maximum Gasteiger partial charge on any atom is 0.188 e. The van der Waals surface area contributed by atoms with Crippen molar-refractivity contribution >= 4 is 21.7 Å². The molecule has 0 amide bonds. The zero-order valence-electron chi connectivity index (χ0n) is 9.03. The zero-order chi connectivity index (χ0) is 12.0. The summed E-state index contributed by atoms with van der Waals surface area (Å²) in [5, 5.41) is 0. The molecule has 1 rings (SSSR count). The number of hydrogen-bond acceptors (Lipinski definition) is 3. The molecule has 0 aliphatic rings. The van der Waals surface area contributed by atoms with Gasteiger partial charge in [0.1, 0.15) is 12.4 Å². The van der Waals surface area contributed by atoms with Gasteiger partial charge >= 0.3 is 0 Å². The lowest BCUT2D eigenvalue weighted by Crippen LogP contribution is -2.09. The Bertz CT molecular complexity index is 388. The smallest absolute Gasteiger partial charge is 0.188 e. The Labute approximate surface area is 103 Å². The first-order chi connectivity index (χ1) is 7.69. The minimum absolute atomic E-state index is 0.0603. The number of hydrogen-bond donors (Lipinski definition) is 0. The number of carbonyl (C=O) groups excluding carboxylic acids is 1. The largest absolute Gasteiger partial charge is 0.496 e. The molecule has 16 heavy (non-hydrogen) atoms. The van der Waals surface area contributed by atoms with Crippen LogP contribution in [0, 0.1) is 0 Å². The highest BCUT2D eigenvalue weighted by Crippen LogP contribution is 2.25. The molecule has 0 N–H and O–H groups in total. The van der Waals surface area contributed by atoms with Crippen LogP contribution in [0.25, 0.3) is 0 Å². The lowest BCUT2D eigenvalue weighted by Gasteiger charge is -2.05. The normalized spacial score (nSPS) is 9.88. The molecule has 1 aromatic carbocycles. The van der Waals surface area contributed by atoms with E-state index in [2.05, 4.69) is 22.5 Å². The molecule has 0 aromatic heterocycles. The summed E-state index contributed by atoms with van der Waals surface area (Å²) in [5.74, 6) is 0.633. The van der Waals surface area contributed by atoms with Crippen LogP contribution in [0.2, 0.25) is 0 Å². The Morgan fingerprint density at radius 2 is 2.31 bits per heavy atom.